The number of amides is 2. The first-order valence-electron chi connectivity index (χ1n) is 7.81. The van der Waals surface area contributed by atoms with Crippen LogP contribution < -0.4 is 0 Å². The molecule has 3 rings (SSSR count). The molecule has 5 heteroatoms. The molecule has 2 aromatic rings. The van der Waals surface area contributed by atoms with E-state index in [1.807, 2.05) is 30.3 Å². The number of nitrogens with zero attached hydrogens (tertiary/aromatic N) is 1. The van der Waals surface area contributed by atoms with Crippen molar-refractivity contribution < 1.29 is 19.1 Å². The number of hydrogen-bond acceptors (Lipinski definition) is 4. The molecule has 1 heterocycles. The van der Waals surface area contributed by atoms with Gasteiger partial charge in [0.1, 0.15) is 6.04 Å². The van der Waals surface area contributed by atoms with Crippen LogP contribution in [0.4, 0.5) is 0 Å². The molecule has 0 aliphatic carbocycles. The molecule has 0 radical (unpaired) electrons. The Labute approximate surface area is 139 Å². The molecule has 0 N–H and O–H groups in total. The molecule has 2 aromatic carbocycles. The SMILES string of the molecule is CCOC(=O)[C@@H](Cc1ccccc1)N1C(=O)c2ccccc2C1=O. The van der Waals surface area contributed by atoms with Crippen LogP contribution in [0.15, 0.2) is 54.6 Å². The minimum atomic E-state index is -0.972. The first-order chi connectivity index (χ1) is 11.6. The van der Waals surface area contributed by atoms with Crippen LogP contribution >= 0.6 is 0 Å². The number of rotatable bonds is 5. The van der Waals surface area contributed by atoms with Gasteiger partial charge in [-0.15, -0.1) is 0 Å². The van der Waals surface area contributed by atoms with Crippen LogP contribution in [0, 0.1) is 0 Å². The first-order valence-corrected chi connectivity index (χ1v) is 7.81. The third-order valence-corrected chi connectivity index (χ3v) is 3.97. The number of hydrogen-bond donors (Lipinski definition) is 0. The van der Waals surface area contributed by atoms with Crippen molar-refractivity contribution in [2.24, 2.45) is 0 Å². The Hall–Kier alpha value is -2.95. The van der Waals surface area contributed by atoms with Gasteiger partial charge in [0.25, 0.3) is 11.8 Å². The van der Waals surface area contributed by atoms with Crippen molar-refractivity contribution in [1.82, 2.24) is 4.90 Å². The summed E-state index contributed by atoms with van der Waals surface area (Å²) in [6, 6.07) is 14.9. The van der Waals surface area contributed by atoms with Crippen molar-refractivity contribution in [2.45, 2.75) is 19.4 Å². The number of fused-ring (bicyclic) bond motifs is 1. The van der Waals surface area contributed by atoms with Crippen molar-refractivity contribution in [3.63, 3.8) is 0 Å². The smallest absolute Gasteiger partial charge is 0.329 e. The zero-order valence-electron chi connectivity index (χ0n) is 13.3. The van der Waals surface area contributed by atoms with Crippen LogP contribution in [-0.2, 0) is 16.0 Å². The van der Waals surface area contributed by atoms with Gasteiger partial charge in [0.15, 0.2) is 0 Å². The van der Waals surface area contributed by atoms with Crippen molar-refractivity contribution in [2.75, 3.05) is 6.61 Å². The van der Waals surface area contributed by atoms with Crippen LogP contribution in [0.5, 0.6) is 0 Å². The fraction of sp³-hybridized carbons (Fsp3) is 0.211. The molecule has 122 valence electrons. The highest BCUT2D eigenvalue weighted by atomic mass is 16.5. The van der Waals surface area contributed by atoms with Crippen LogP contribution in [-0.4, -0.2) is 35.3 Å². The van der Waals surface area contributed by atoms with Gasteiger partial charge >= 0.3 is 5.97 Å². The Bertz CT molecular complexity index is 750. The molecule has 0 aromatic heterocycles. The van der Waals surface area contributed by atoms with E-state index in [1.54, 1.807) is 31.2 Å². The molecular weight excluding hydrogens is 306 g/mol. The summed E-state index contributed by atoms with van der Waals surface area (Å²) in [4.78, 5) is 38.7. The Kier molecular flexibility index (Phi) is 4.42. The Morgan fingerprint density at radius 3 is 2.04 bits per heavy atom. The molecule has 1 aliphatic rings. The molecule has 0 fully saturated rings. The van der Waals surface area contributed by atoms with Gasteiger partial charge in [0.2, 0.25) is 0 Å². The van der Waals surface area contributed by atoms with E-state index in [0.717, 1.165) is 10.5 Å². The molecule has 0 spiro atoms. The second-order valence-corrected chi connectivity index (χ2v) is 5.48. The van der Waals surface area contributed by atoms with Gasteiger partial charge in [-0.1, -0.05) is 42.5 Å². The maximum atomic E-state index is 12.6. The van der Waals surface area contributed by atoms with E-state index in [4.69, 9.17) is 4.74 Å². The molecule has 1 atom stereocenters. The highest BCUT2D eigenvalue weighted by Crippen LogP contribution is 2.26. The van der Waals surface area contributed by atoms with Crippen molar-refractivity contribution >= 4 is 17.8 Å². The van der Waals surface area contributed by atoms with Gasteiger partial charge in [-0.05, 0) is 24.6 Å². The van der Waals surface area contributed by atoms with E-state index < -0.39 is 23.8 Å². The van der Waals surface area contributed by atoms with Crippen LogP contribution in [0.25, 0.3) is 0 Å². The van der Waals surface area contributed by atoms with Gasteiger partial charge in [-0.3, -0.25) is 14.5 Å². The summed E-state index contributed by atoms with van der Waals surface area (Å²) in [5.41, 5.74) is 1.50. The fourth-order valence-corrected chi connectivity index (χ4v) is 2.85. The zero-order valence-corrected chi connectivity index (χ0v) is 13.3. The normalized spacial score (nSPS) is 14.5. The van der Waals surface area contributed by atoms with Crippen molar-refractivity contribution in [3.8, 4) is 0 Å². The van der Waals surface area contributed by atoms with Crippen molar-refractivity contribution in [1.29, 1.82) is 0 Å². The average Bonchev–Trinajstić information content (AvgIpc) is 2.86. The van der Waals surface area contributed by atoms with Gasteiger partial charge in [0.05, 0.1) is 17.7 Å². The molecule has 0 saturated heterocycles. The lowest BCUT2D eigenvalue weighted by Crippen LogP contribution is -2.47. The van der Waals surface area contributed by atoms with Crippen molar-refractivity contribution in [3.05, 3.63) is 71.3 Å². The molecule has 0 saturated carbocycles. The van der Waals surface area contributed by atoms with Gasteiger partial charge in [0, 0.05) is 6.42 Å². The number of ether oxygens (including phenoxy) is 1. The van der Waals surface area contributed by atoms with Crippen LogP contribution in [0.2, 0.25) is 0 Å². The minimum absolute atomic E-state index is 0.188. The largest absolute Gasteiger partial charge is 0.464 e. The molecule has 5 nitrogen and oxygen atoms in total. The first kappa shape index (κ1) is 15.9. The summed E-state index contributed by atoms with van der Waals surface area (Å²) >= 11 is 0. The average molecular weight is 323 g/mol. The predicted octanol–water partition coefficient (Wildman–Crippen LogP) is 2.46. The van der Waals surface area contributed by atoms with E-state index in [0.29, 0.717) is 11.1 Å². The monoisotopic (exact) mass is 323 g/mol. The Morgan fingerprint density at radius 2 is 1.50 bits per heavy atom. The quantitative estimate of drug-likeness (QED) is 0.626. The van der Waals surface area contributed by atoms with E-state index >= 15 is 0 Å². The maximum absolute atomic E-state index is 12.6. The molecule has 1 aliphatic heterocycles. The summed E-state index contributed by atoms with van der Waals surface area (Å²) < 4.78 is 5.10. The van der Waals surface area contributed by atoms with E-state index in [1.165, 1.54) is 0 Å². The number of benzene rings is 2. The van der Waals surface area contributed by atoms with Gasteiger partial charge < -0.3 is 4.74 Å². The second-order valence-electron chi connectivity index (χ2n) is 5.48. The second kappa shape index (κ2) is 6.66. The third-order valence-electron chi connectivity index (χ3n) is 3.97. The number of imide groups is 1. The summed E-state index contributed by atoms with van der Waals surface area (Å²) in [5, 5.41) is 0. The van der Waals surface area contributed by atoms with Crippen LogP contribution in [0.3, 0.4) is 0 Å². The molecular formula is C19H17NO4. The Morgan fingerprint density at radius 1 is 0.958 bits per heavy atom. The fourth-order valence-electron chi connectivity index (χ4n) is 2.85. The van der Waals surface area contributed by atoms with Gasteiger partial charge in [-0.2, -0.15) is 0 Å². The lowest BCUT2D eigenvalue weighted by Gasteiger charge is -2.24. The van der Waals surface area contributed by atoms with E-state index in [9.17, 15) is 14.4 Å². The molecule has 0 bridgehead atoms. The number of carbonyl (C=O) groups excluding carboxylic acids is 3. The van der Waals surface area contributed by atoms with Crippen LogP contribution in [0.1, 0.15) is 33.2 Å². The minimum Gasteiger partial charge on any atom is -0.464 e. The molecule has 2 amide bonds. The van der Waals surface area contributed by atoms with Gasteiger partial charge in [-0.25, -0.2) is 4.79 Å². The maximum Gasteiger partial charge on any atom is 0.329 e. The third kappa shape index (κ3) is 2.80. The standard InChI is InChI=1S/C19H17NO4/c1-2-24-19(23)16(12-13-8-4-3-5-9-13)20-17(21)14-10-6-7-11-15(14)18(20)22/h3-11,16H,2,12H2,1H3/t16-/m1/s1. The summed E-state index contributed by atoms with van der Waals surface area (Å²) in [6.45, 7) is 1.88. The molecule has 24 heavy (non-hydrogen) atoms. The zero-order chi connectivity index (χ0) is 17.1. The number of esters is 1. The highest BCUT2D eigenvalue weighted by molar-refractivity contribution is 6.22. The van der Waals surface area contributed by atoms with E-state index in [2.05, 4.69) is 0 Å². The lowest BCUT2D eigenvalue weighted by atomic mass is 10.0. The topological polar surface area (TPSA) is 63.7 Å². The highest BCUT2D eigenvalue weighted by Gasteiger charge is 2.43. The van der Waals surface area contributed by atoms with E-state index in [-0.39, 0.29) is 13.0 Å². The number of carbonyl (C=O) groups is 3. The summed E-state index contributed by atoms with van der Waals surface area (Å²) in [6.07, 6.45) is 0.227. The summed E-state index contributed by atoms with van der Waals surface area (Å²) in [7, 11) is 0. The predicted molar refractivity (Wildman–Crippen MR) is 87.5 cm³/mol. The summed E-state index contributed by atoms with van der Waals surface area (Å²) in [5.74, 6) is -1.48. The Balaban J connectivity index is 1.96. The molecule has 0 unspecified atom stereocenters. The lowest BCUT2D eigenvalue weighted by molar-refractivity contribution is -0.147.